The highest BCUT2D eigenvalue weighted by molar-refractivity contribution is 7.09. The fraction of sp³-hybridized carbons (Fsp3) is 0.600. The van der Waals surface area contributed by atoms with E-state index >= 15 is 0 Å². The van der Waals surface area contributed by atoms with Crippen molar-refractivity contribution < 1.29 is 19.1 Å². The Bertz CT molecular complexity index is 780. The largest absolute Gasteiger partial charge is 0.436 e. The fourth-order valence-corrected chi connectivity index (χ4v) is 4.56. The number of nitrogens with one attached hydrogen (secondary N) is 1. The Hall–Kier alpha value is -2.60. The van der Waals surface area contributed by atoms with E-state index in [1.165, 1.54) is 11.3 Å². The maximum atomic E-state index is 12.3. The van der Waals surface area contributed by atoms with Crippen molar-refractivity contribution in [3.8, 4) is 12.3 Å². The van der Waals surface area contributed by atoms with Gasteiger partial charge in [0.05, 0.1) is 5.01 Å². The summed E-state index contributed by atoms with van der Waals surface area (Å²) in [5, 5.41) is 5.58. The minimum atomic E-state index is -0.378. The standard InChI is InChI=1S/C20H26N4O4S/c1-2-13-28-20(27)24-11-6-15(7-12-24)19-22-16(14-29-19)18(26)21-8-4-10-23-9-3-5-17(23)25/h1,14-15H,3-13H2,(H,21,26). The van der Waals surface area contributed by atoms with Crippen molar-refractivity contribution in [3.05, 3.63) is 16.1 Å². The lowest BCUT2D eigenvalue weighted by Gasteiger charge is -2.30. The molecule has 1 N–H and O–H groups in total. The van der Waals surface area contributed by atoms with Crippen LogP contribution < -0.4 is 5.32 Å². The van der Waals surface area contributed by atoms with Gasteiger partial charge in [0.15, 0.2) is 6.61 Å². The van der Waals surface area contributed by atoms with Gasteiger partial charge in [-0.15, -0.1) is 17.8 Å². The summed E-state index contributed by atoms with van der Waals surface area (Å²) in [4.78, 5) is 43.7. The van der Waals surface area contributed by atoms with Crippen LogP contribution >= 0.6 is 11.3 Å². The number of rotatable bonds is 7. The molecule has 0 unspecified atom stereocenters. The van der Waals surface area contributed by atoms with Crippen molar-refractivity contribution in [2.24, 2.45) is 0 Å². The molecule has 2 aliphatic heterocycles. The highest BCUT2D eigenvalue weighted by Gasteiger charge is 2.27. The molecule has 0 bridgehead atoms. The van der Waals surface area contributed by atoms with Crippen molar-refractivity contribution in [2.75, 3.05) is 39.3 Å². The Morgan fingerprint density at radius 3 is 2.83 bits per heavy atom. The Labute approximate surface area is 174 Å². The van der Waals surface area contributed by atoms with Crippen LogP contribution in [0.3, 0.4) is 0 Å². The molecule has 156 valence electrons. The molecule has 0 radical (unpaired) electrons. The van der Waals surface area contributed by atoms with E-state index in [-0.39, 0.29) is 30.4 Å². The first-order chi connectivity index (χ1) is 14.1. The fourth-order valence-electron chi connectivity index (χ4n) is 3.59. The number of piperidine rings is 1. The second-order valence-corrected chi connectivity index (χ2v) is 8.07. The summed E-state index contributed by atoms with van der Waals surface area (Å²) in [5.74, 6) is 2.54. The van der Waals surface area contributed by atoms with E-state index < -0.39 is 0 Å². The number of ether oxygens (including phenoxy) is 1. The van der Waals surface area contributed by atoms with Crippen molar-refractivity contribution in [2.45, 2.75) is 38.0 Å². The van der Waals surface area contributed by atoms with Gasteiger partial charge in [-0.1, -0.05) is 5.92 Å². The first kappa shape index (κ1) is 21.1. The molecule has 9 heteroatoms. The molecule has 2 saturated heterocycles. The summed E-state index contributed by atoms with van der Waals surface area (Å²) in [6.07, 6.45) is 8.59. The van der Waals surface area contributed by atoms with Crippen LogP contribution in [0.1, 0.15) is 53.5 Å². The van der Waals surface area contributed by atoms with Gasteiger partial charge in [0.2, 0.25) is 5.91 Å². The molecule has 3 rings (SSSR count). The summed E-state index contributed by atoms with van der Waals surface area (Å²) in [7, 11) is 0. The van der Waals surface area contributed by atoms with Crippen LogP contribution in [0.25, 0.3) is 0 Å². The number of nitrogens with zero attached hydrogens (tertiary/aromatic N) is 3. The van der Waals surface area contributed by atoms with Crippen LogP contribution in [-0.4, -0.2) is 72.0 Å². The first-order valence-corrected chi connectivity index (χ1v) is 10.8. The number of hydrogen-bond acceptors (Lipinski definition) is 6. The SMILES string of the molecule is C#CCOC(=O)N1CCC(c2nc(C(=O)NCCCN3CCCC3=O)cs2)CC1. The molecule has 0 aromatic carbocycles. The topological polar surface area (TPSA) is 91.8 Å². The summed E-state index contributed by atoms with van der Waals surface area (Å²) >= 11 is 1.48. The Morgan fingerprint density at radius 1 is 1.34 bits per heavy atom. The third kappa shape index (κ3) is 5.70. The summed E-state index contributed by atoms with van der Waals surface area (Å²) < 4.78 is 4.96. The molecule has 8 nitrogen and oxygen atoms in total. The molecule has 2 aliphatic rings. The number of carbonyl (C=O) groups excluding carboxylic acids is 3. The van der Waals surface area contributed by atoms with Crippen molar-refractivity contribution in [3.63, 3.8) is 0 Å². The summed E-state index contributed by atoms with van der Waals surface area (Å²) in [5.41, 5.74) is 0.429. The number of thiazole rings is 1. The van der Waals surface area contributed by atoms with Crippen LogP contribution in [-0.2, 0) is 9.53 Å². The van der Waals surface area contributed by atoms with Crippen LogP contribution in [0.4, 0.5) is 4.79 Å². The molecular weight excluding hydrogens is 392 g/mol. The van der Waals surface area contributed by atoms with E-state index in [2.05, 4.69) is 16.2 Å². The quantitative estimate of drug-likeness (QED) is 0.539. The summed E-state index contributed by atoms with van der Waals surface area (Å²) in [6.45, 7) is 3.19. The first-order valence-electron chi connectivity index (χ1n) is 9.95. The smallest absolute Gasteiger partial charge is 0.410 e. The van der Waals surface area contributed by atoms with Gasteiger partial charge < -0.3 is 19.9 Å². The summed E-state index contributed by atoms with van der Waals surface area (Å²) in [6, 6.07) is 0. The average Bonchev–Trinajstić information content (AvgIpc) is 3.39. The lowest BCUT2D eigenvalue weighted by Crippen LogP contribution is -2.38. The van der Waals surface area contributed by atoms with E-state index in [9.17, 15) is 14.4 Å². The Kier molecular flexibility index (Phi) is 7.47. The van der Waals surface area contributed by atoms with E-state index in [1.807, 2.05) is 4.90 Å². The normalized spacial score (nSPS) is 17.3. The lowest BCUT2D eigenvalue weighted by molar-refractivity contribution is -0.127. The third-order valence-corrected chi connectivity index (χ3v) is 6.20. The zero-order chi connectivity index (χ0) is 20.6. The molecule has 2 fully saturated rings. The third-order valence-electron chi connectivity index (χ3n) is 5.20. The van der Waals surface area contributed by atoms with E-state index in [0.717, 1.165) is 37.2 Å². The van der Waals surface area contributed by atoms with Crippen molar-refractivity contribution >= 4 is 29.2 Å². The predicted octanol–water partition coefficient (Wildman–Crippen LogP) is 1.83. The second kappa shape index (κ2) is 10.3. The highest BCUT2D eigenvalue weighted by Crippen LogP contribution is 2.30. The molecule has 0 aliphatic carbocycles. The maximum Gasteiger partial charge on any atom is 0.410 e. The number of amides is 3. The molecule has 0 saturated carbocycles. The van der Waals surface area contributed by atoms with Gasteiger partial charge in [0, 0.05) is 50.4 Å². The van der Waals surface area contributed by atoms with Crippen LogP contribution in [0, 0.1) is 12.3 Å². The van der Waals surface area contributed by atoms with Crippen LogP contribution in [0.15, 0.2) is 5.38 Å². The molecule has 3 amide bonds. The van der Waals surface area contributed by atoms with Crippen molar-refractivity contribution in [1.29, 1.82) is 0 Å². The van der Waals surface area contributed by atoms with Crippen LogP contribution in [0.2, 0.25) is 0 Å². The van der Waals surface area contributed by atoms with Gasteiger partial charge in [0.25, 0.3) is 5.91 Å². The maximum absolute atomic E-state index is 12.3. The predicted molar refractivity (Wildman–Crippen MR) is 109 cm³/mol. The molecule has 1 aromatic rings. The van der Waals surface area contributed by atoms with Gasteiger partial charge in [-0.2, -0.15) is 0 Å². The minimum Gasteiger partial charge on any atom is -0.436 e. The average molecular weight is 419 g/mol. The lowest BCUT2D eigenvalue weighted by atomic mass is 9.98. The monoisotopic (exact) mass is 418 g/mol. The number of aromatic nitrogens is 1. The minimum absolute atomic E-state index is 0.0158. The Morgan fingerprint density at radius 2 is 2.14 bits per heavy atom. The van der Waals surface area contributed by atoms with E-state index in [0.29, 0.717) is 38.3 Å². The number of likely N-dealkylation sites (tertiary alicyclic amines) is 2. The van der Waals surface area contributed by atoms with Gasteiger partial charge in [-0.25, -0.2) is 9.78 Å². The second-order valence-electron chi connectivity index (χ2n) is 7.18. The number of terminal acetylenes is 1. The molecule has 29 heavy (non-hydrogen) atoms. The van der Waals surface area contributed by atoms with E-state index in [1.54, 1.807) is 10.3 Å². The molecule has 3 heterocycles. The van der Waals surface area contributed by atoms with Gasteiger partial charge in [-0.05, 0) is 25.7 Å². The Balaban J connectivity index is 1.40. The molecular formula is C20H26N4O4S. The molecule has 1 aromatic heterocycles. The van der Waals surface area contributed by atoms with Crippen molar-refractivity contribution in [1.82, 2.24) is 20.1 Å². The highest BCUT2D eigenvalue weighted by atomic mass is 32.1. The zero-order valence-electron chi connectivity index (χ0n) is 16.4. The van der Waals surface area contributed by atoms with E-state index in [4.69, 9.17) is 11.2 Å². The zero-order valence-corrected chi connectivity index (χ0v) is 17.2. The van der Waals surface area contributed by atoms with Gasteiger partial charge in [-0.3, -0.25) is 9.59 Å². The molecule has 0 atom stereocenters. The molecule has 0 spiro atoms. The van der Waals surface area contributed by atoms with Crippen LogP contribution in [0.5, 0.6) is 0 Å². The number of hydrogen-bond donors (Lipinski definition) is 1. The number of carbonyl (C=O) groups is 3. The van der Waals surface area contributed by atoms with Gasteiger partial charge in [0.1, 0.15) is 5.69 Å². The van der Waals surface area contributed by atoms with Gasteiger partial charge >= 0.3 is 6.09 Å².